The number of halogens is 1. The molecule has 148 valence electrons. The highest BCUT2D eigenvalue weighted by molar-refractivity contribution is 6.04. The third-order valence-electron chi connectivity index (χ3n) is 6.15. The molecule has 1 N–H and O–H groups in total. The van der Waals surface area contributed by atoms with Crippen LogP contribution in [0.5, 0.6) is 0 Å². The molecule has 2 aliphatic rings. The quantitative estimate of drug-likeness (QED) is 0.850. The van der Waals surface area contributed by atoms with Gasteiger partial charge in [0.25, 0.3) is 5.91 Å². The normalized spacial score (nSPS) is 22.6. The van der Waals surface area contributed by atoms with Gasteiger partial charge in [0.1, 0.15) is 5.82 Å². The summed E-state index contributed by atoms with van der Waals surface area (Å²) in [5.41, 5.74) is 3.10. The summed E-state index contributed by atoms with van der Waals surface area (Å²) in [5, 5.41) is 2.81. The Balaban J connectivity index is 1.43. The number of benzene rings is 2. The standard InChI is InChI=1S/C23H28FN3O/c1-16-14-18(25-23(28)20-7-3-4-8-21(20)24)9-10-22(16)26-13-11-19(15-26)27-12-5-6-17(27)2/h3-4,7-10,14,17,19H,5-6,11-13,15H2,1-2H3,(H,25,28). The van der Waals surface area contributed by atoms with E-state index in [-0.39, 0.29) is 5.56 Å². The highest BCUT2D eigenvalue weighted by Crippen LogP contribution is 2.31. The Bertz CT molecular complexity index is 869. The average Bonchev–Trinajstić information content (AvgIpc) is 3.31. The second kappa shape index (κ2) is 7.92. The first-order chi connectivity index (χ1) is 13.5. The van der Waals surface area contributed by atoms with Gasteiger partial charge in [-0.2, -0.15) is 0 Å². The molecule has 4 nitrogen and oxygen atoms in total. The molecule has 2 heterocycles. The molecule has 28 heavy (non-hydrogen) atoms. The number of anilines is 2. The van der Waals surface area contributed by atoms with E-state index < -0.39 is 11.7 Å². The van der Waals surface area contributed by atoms with Crippen LogP contribution in [0, 0.1) is 12.7 Å². The number of hydrogen-bond donors (Lipinski definition) is 1. The Morgan fingerprint density at radius 1 is 1.14 bits per heavy atom. The van der Waals surface area contributed by atoms with E-state index >= 15 is 0 Å². The van der Waals surface area contributed by atoms with Gasteiger partial charge in [-0.3, -0.25) is 9.69 Å². The lowest BCUT2D eigenvalue weighted by Crippen LogP contribution is -2.39. The smallest absolute Gasteiger partial charge is 0.258 e. The number of carbonyl (C=O) groups excluding carboxylic acids is 1. The summed E-state index contributed by atoms with van der Waals surface area (Å²) in [5.74, 6) is -0.929. The summed E-state index contributed by atoms with van der Waals surface area (Å²) in [6.45, 7) is 7.76. The second-order valence-electron chi connectivity index (χ2n) is 8.05. The molecule has 0 aliphatic carbocycles. The Hall–Kier alpha value is -2.40. The van der Waals surface area contributed by atoms with Gasteiger partial charge in [-0.1, -0.05) is 12.1 Å². The molecule has 0 aromatic heterocycles. The second-order valence-corrected chi connectivity index (χ2v) is 8.05. The van der Waals surface area contributed by atoms with E-state index in [2.05, 4.69) is 35.0 Å². The Labute approximate surface area is 166 Å². The fourth-order valence-corrected chi connectivity index (χ4v) is 4.66. The first kappa shape index (κ1) is 18.9. The lowest BCUT2D eigenvalue weighted by atomic mass is 10.1. The Kier molecular flexibility index (Phi) is 5.36. The van der Waals surface area contributed by atoms with Crippen molar-refractivity contribution in [3.8, 4) is 0 Å². The third-order valence-corrected chi connectivity index (χ3v) is 6.15. The molecule has 2 unspecified atom stereocenters. The summed E-state index contributed by atoms with van der Waals surface area (Å²) >= 11 is 0. The molecule has 0 radical (unpaired) electrons. The monoisotopic (exact) mass is 381 g/mol. The van der Waals surface area contributed by atoms with E-state index in [1.54, 1.807) is 12.1 Å². The van der Waals surface area contributed by atoms with Crippen LogP contribution in [0.25, 0.3) is 0 Å². The van der Waals surface area contributed by atoms with Gasteiger partial charge in [0.05, 0.1) is 5.56 Å². The van der Waals surface area contributed by atoms with Crippen LogP contribution in [0.1, 0.15) is 42.1 Å². The molecule has 2 aliphatic heterocycles. The number of amides is 1. The van der Waals surface area contributed by atoms with Crippen molar-refractivity contribution >= 4 is 17.3 Å². The van der Waals surface area contributed by atoms with Crippen molar-refractivity contribution in [2.45, 2.75) is 45.2 Å². The maximum absolute atomic E-state index is 13.8. The van der Waals surface area contributed by atoms with Crippen LogP contribution in [-0.2, 0) is 0 Å². The molecule has 0 bridgehead atoms. The maximum atomic E-state index is 13.8. The van der Waals surface area contributed by atoms with Crippen molar-refractivity contribution in [2.75, 3.05) is 29.9 Å². The van der Waals surface area contributed by atoms with Crippen LogP contribution >= 0.6 is 0 Å². The lowest BCUT2D eigenvalue weighted by molar-refractivity contribution is 0.102. The van der Waals surface area contributed by atoms with Crippen molar-refractivity contribution in [3.63, 3.8) is 0 Å². The van der Waals surface area contributed by atoms with E-state index in [1.807, 2.05) is 12.1 Å². The summed E-state index contributed by atoms with van der Waals surface area (Å²) in [7, 11) is 0. The molecular weight excluding hydrogens is 353 g/mol. The average molecular weight is 381 g/mol. The van der Waals surface area contributed by atoms with Gasteiger partial charge < -0.3 is 10.2 Å². The van der Waals surface area contributed by atoms with Gasteiger partial charge in [-0.25, -0.2) is 4.39 Å². The number of rotatable bonds is 4. The molecule has 2 aromatic carbocycles. The minimum Gasteiger partial charge on any atom is -0.370 e. The maximum Gasteiger partial charge on any atom is 0.258 e. The zero-order chi connectivity index (χ0) is 19.7. The largest absolute Gasteiger partial charge is 0.370 e. The first-order valence-electron chi connectivity index (χ1n) is 10.2. The van der Waals surface area contributed by atoms with Gasteiger partial charge in [0.15, 0.2) is 0 Å². The lowest BCUT2D eigenvalue weighted by Gasteiger charge is -2.29. The first-order valence-corrected chi connectivity index (χ1v) is 10.2. The van der Waals surface area contributed by atoms with Gasteiger partial charge in [0.2, 0.25) is 0 Å². The zero-order valence-corrected chi connectivity index (χ0v) is 16.6. The summed E-state index contributed by atoms with van der Waals surface area (Å²) in [6.07, 6.45) is 3.83. The van der Waals surface area contributed by atoms with E-state index in [0.29, 0.717) is 17.8 Å². The Morgan fingerprint density at radius 3 is 2.68 bits per heavy atom. The van der Waals surface area contributed by atoms with Crippen LogP contribution in [0.4, 0.5) is 15.8 Å². The number of carbonyl (C=O) groups is 1. The zero-order valence-electron chi connectivity index (χ0n) is 16.6. The van der Waals surface area contributed by atoms with Crippen LogP contribution in [0.2, 0.25) is 0 Å². The molecule has 0 spiro atoms. The van der Waals surface area contributed by atoms with E-state index in [1.165, 1.54) is 43.6 Å². The van der Waals surface area contributed by atoms with Crippen molar-refractivity contribution in [1.29, 1.82) is 0 Å². The van der Waals surface area contributed by atoms with Crippen molar-refractivity contribution < 1.29 is 9.18 Å². The van der Waals surface area contributed by atoms with E-state index in [0.717, 1.165) is 18.7 Å². The molecule has 2 aromatic rings. The van der Waals surface area contributed by atoms with Gasteiger partial charge in [-0.15, -0.1) is 0 Å². The molecule has 2 atom stereocenters. The van der Waals surface area contributed by atoms with Crippen LogP contribution in [0.15, 0.2) is 42.5 Å². The Morgan fingerprint density at radius 2 is 1.96 bits per heavy atom. The van der Waals surface area contributed by atoms with Crippen LogP contribution in [-0.4, -0.2) is 42.5 Å². The van der Waals surface area contributed by atoms with Crippen LogP contribution < -0.4 is 10.2 Å². The molecular formula is C23H28FN3O. The molecule has 0 saturated carbocycles. The summed E-state index contributed by atoms with van der Waals surface area (Å²) in [4.78, 5) is 17.5. The fourth-order valence-electron chi connectivity index (χ4n) is 4.66. The van der Waals surface area contributed by atoms with Crippen molar-refractivity contribution in [2.24, 2.45) is 0 Å². The molecule has 5 heteroatoms. The minimum absolute atomic E-state index is 0.0614. The SMILES string of the molecule is Cc1cc(NC(=O)c2ccccc2F)ccc1N1CCC(N2CCCC2C)C1. The highest BCUT2D eigenvalue weighted by atomic mass is 19.1. The van der Waals surface area contributed by atoms with Gasteiger partial charge in [0, 0.05) is 36.5 Å². The number of hydrogen-bond acceptors (Lipinski definition) is 3. The predicted molar refractivity (Wildman–Crippen MR) is 112 cm³/mol. The predicted octanol–water partition coefficient (Wildman–Crippen LogP) is 4.45. The van der Waals surface area contributed by atoms with Gasteiger partial charge in [-0.05, 0) is 75.5 Å². The molecule has 1 amide bonds. The number of aryl methyl sites for hydroxylation is 1. The topological polar surface area (TPSA) is 35.6 Å². The van der Waals surface area contributed by atoms with Crippen molar-refractivity contribution in [3.05, 3.63) is 59.4 Å². The van der Waals surface area contributed by atoms with E-state index in [4.69, 9.17) is 0 Å². The summed E-state index contributed by atoms with van der Waals surface area (Å²) in [6, 6.07) is 13.3. The molecule has 2 saturated heterocycles. The highest BCUT2D eigenvalue weighted by Gasteiger charge is 2.33. The van der Waals surface area contributed by atoms with Crippen molar-refractivity contribution in [1.82, 2.24) is 4.90 Å². The fraction of sp³-hybridized carbons (Fsp3) is 0.435. The third kappa shape index (κ3) is 3.76. The number of likely N-dealkylation sites (tertiary alicyclic amines) is 1. The molecule has 2 fully saturated rings. The number of nitrogens with one attached hydrogen (secondary N) is 1. The summed E-state index contributed by atoms with van der Waals surface area (Å²) < 4.78 is 13.8. The van der Waals surface area contributed by atoms with Crippen LogP contribution in [0.3, 0.4) is 0 Å². The minimum atomic E-state index is -0.507. The molecule has 4 rings (SSSR count). The number of nitrogens with zero attached hydrogens (tertiary/aromatic N) is 2. The van der Waals surface area contributed by atoms with E-state index in [9.17, 15) is 9.18 Å². The van der Waals surface area contributed by atoms with Gasteiger partial charge >= 0.3 is 0 Å².